The van der Waals surface area contributed by atoms with Gasteiger partial charge in [-0.1, -0.05) is 12.2 Å². The molecule has 120 valence electrons. The van der Waals surface area contributed by atoms with Crippen LogP contribution in [0.2, 0.25) is 0 Å². The Balaban J connectivity index is 1.64. The number of hydrogen-bond donors (Lipinski definition) is 1. The third-order valence-electron chi connectivity index (χ3n) is 4.33. The van der Waals surface area contributed by atoms with Gasteiger partial charge in [0.25, 0.3) is 0 Å². The van der Waals surface area contributed by atoms with Crippen LogP contribution in [0.3, 0.4) is 0 Å². The predicted molar refractivity (Wildman–Crippen MR) is 79.3 cm³/mol. The lowest BCUT2D eigenvalue weighted by Gasteiger charge is -2.25. The number of hydrogen-bond acceptors (Lipinski definition) is 6. The number of rotatable bonds is 4. The van der Waals surface area contributed by atoms with Crippen molar-refractivity contribution in [2.75, 3.05) is 26.2 Å². The van der Waals surface area contributed by atoms with Crippen LogP contribution in [0.25, 0.3) is 0 Å². The Morgan fingerprint density at radius 3 is 2.86 bits per heavy atom. The number of aliphatic hydroxyl groups is 1. The highest BCUT2D eigenvalue weighted by Gasteiger charge is 2.39. The van der Waals surface area contributed by atoms with Gasteiger partial charge in [-0.2, -0.15) is 0 Å². The van der Waals surface area contributed by atoms with Crippen molar-refractivity contribution in [3.63, 3.8) is 0 Å². The molecule has 0 spiro atoms. The van der Waals surface area contributed by atoms with Crippen molar-refractivity contribution in [3.05, 3.63) is 23.9 Å². The summed E-state index contributed by atoms with van der Waals surface area (Å²) in [5, 5.41) is 17.9. The fraction of sp³-hybridized carbons (Fsp3) is 0.667. The summed E-state index contributed by atoms with van der Waals surface area (Å²) in [6, 6.07) is 0.0249. The molecule has 2 fully saturated rings. The van der Waals surface area contributed by atoms with E-state index in [4.69, 9.17) is 4.42 Å². The summed E-state index contributed by atoms with van der Waals surface area (Å²) in [5.74, 6) is 0.144. The molecule has 7 heteroatoms. The number of β-amino-alcohol motifs (C(OH)–C–C–N with tert-alkyl or cyclic N) is 1. The lowest BCUT2D eigenvalue weighted by molar-refractivity contribution is 0.0723. The largest absolute Gasteiger partial charge is 0.417 e. The summed E-state index contributed by atoms with van der Waals surface area (Å²) in [4.78, 5) is 16.3. The number of carbonyl (C=O) groups is 1. The molecule has 3 rings (SSSR count). The average Bonchev–Trinajstić information content (AvgIpc) is 3.24. The molecule has 0 aliphatic carbocycles. The first-order valence-electron chi connectivity index (χ1n) is 7.84. The average molecular weight is 306 g/mol. The highest BCUT2D eigenvalue weighted by Crippen LogP contribution is 2.22. The summed E-state index contributed by atoms with van der Waals surface area (Å²) >= 11 is 0. The Hall–Kier alpha value is -1.73. The minimum atomic E-state index is -0.507. The number of aromatic nitrogens is 2. The Morgan fingerprint density at radius 1 is 1.36 bits per heavy atom. The highest BCUT2D eigenvalue weighted by atomic mass is 16.4. The second-order valence-corrected chi connectivity index (χ2v) is 5.86. The molecular formula is C15H22N4O3. The fourth-order valence-electron chi connectivity index (χ4n) is 3.14. The number of amides is 1. The second kappa shape index (κ2) is 6.58. The molecule has 0 unspecified atom stereocenters. The van der Waals surface area contributed by atoms with Crippen LogP contribution < -0.4 is 0 Å². The summed E-state index contributed by atoms with van der Waals surface area (Å²) in [7, 11) is 0. The standard InChI is InChI=1S/C15H22N4O3/c1-2-3-6-13-16-17-14(22-13)15(21)19-9-11(12(20)10-19)18-7-4-5-8-18/h2-3,11-12,20H,4-10H2,1H3/b3-2+/t11-,12-/m0/s1. The molecule has 0 radical (unpaired) electrons. The molecule has 0 saturated carbocycles. The van der Waals surface area contributed by atoms with Crippen LogP contribution in [-0.4, -0.2) is 69.3 Å². The van der Waals surface area contributed by atoms with E-state index in [1.807, 2.05) is 19.1 Å². The predicted octanol–water partition coefficient (Wildman–Crippen LogP) is 0.469. The molecule has 2 atom stereocenters. The molecular weight excluding hydrogens is 284 g/mol. The van der Waals surface area contributed by atoms with Gasteiger partial charge in [0.05, 0.1) is 12.1 Å². The van der Waals surface area contributed by atoms with E-state index in [2.05, 4.69) is 15.1 Å². The minimum Gasteiger partial charge on any atom is -0.417 e. The number of likely N-dealkylation sites (tertiary alicyclic amines) is 2. The summed E-state index contributed by atoms with van der Waals surface area (Å²) in [6.45, 7) is 4.75. The van der Waals surface area contributed by atoms with E-state index in [-0.39, 0.29) is 17.8 Å². The molecule has 1 aromatic rings. The van der Waals surface area contributed by atoms with Gasteiger partial charge < -0.3 is 14.4 Å². The third kappa shape index (κ3) is 3.05. The number of nitrogens with zero attached hydrogens (tertiary/aromatic N) is 4. The van der Waals surface area contributed by atoms with Gasteiger partial charge >= 0.3 is 11.8 Å². The molecule has 3 heterocycles. The number of aliphatic hydroxyl groups excluding tert-OH is 1. The molecule has 22 heavy (non-hydrogen) atoms. The molecule has 2 aliphatic rings. The molecule has 0 bridgehead atoms. The number of allylic oxidation sites excluding steroid dienone is 2. The lowest BCUT2D eigenvalue weighted by atomic mass is 10.2. The zero-order valence-corrected chi connectivity index (χ0v) is 12.8. The van der Waals surface area contributed by atoms with Crippen molar-refractivity contribution in [1.82, 2.24) is 20.0 Å². The fourth-order valence-corrected chi connectivity index (χ4v) is 3.14. The molecule has 2 saturated heterocycles. The first-order chi connectivity index (χ1) is 10.7. The van der Waals surface area contributed by atoms with Gasteiger partial charge in [-0.05, 0) is 32.9 Å². The van der Waals surface area contributed by atoms with Gasteiger partial charge in [0.1, 0.15) is 0 Å². The minimum absolute atomic E-state index is 0.00813. The molecule has 1 aromatic heterocycles. The van der Waals surface area contributed by atoms with Crippen LogP contribution in [0.5, 0.6) is 0 Å². The van der Waals surface area contributed by atoms with Gasteiger partial charge in [0, 0.05) is 19.5 Å². The summed E-state index contributed by atoms with van der Waals surface area (Å²) in [6.07, 6.45) is 6.13. The SMILES string of the molecule is C/C=C/Cc1nnc(C(=O)N2C[C@H](O)[C@@H](N3CCCC3)C2)o1. The van der Waals surface area contributed by atoms with Crippen molar-refractivity contribution in [2.45, 2.75) is 38.3 Å². The van der Waals surface area contributed by atoms with Crippen molar-refractivity contribution >= 4 is 5.91 Å². The first-order valence-corrected chi connectivity index (χ1v) is 7.84. The van der Waals surface area contributed by atoms with Crippen LogP contribution in [-0.2, 0) is 6.42 Å². The van der Waals surface area contributed by atoms with Crippen molar-refractivity contribution in [2.24, 2.45) is 0 Å². The van der Waals surface area contributed by atoms with E-state index < -0.39 is 6.10 Å². The van der Waals surface area contributed by atoms with E-state index in [1.54, 1.807) is 4.90 Å². The Bertz CT molecular complexity index is 551. The van der Waals surface area contributed by atoms with E-state index in [0.29, 0.717) is 25.4 Å². The van der Waals surface area contributed by atoms with Gasteiger partial charge in [0.15, 0.2) is 0 Å². The van der Waals surface area contributed by atoms with Crippen molar-refractivity contribution in [3.8, 4) is 0 Å². The lowest BCUT2D eigenvalue weighted by Crippen LogP contribution is -2.41. The van der Waals surface area contributed by atoms with Crippen LogP contribution >= 0.6 is 0 Å². The smallest absolute Gasteiger partial charge is 0.311 e. The third-order valence-corrected chi connectivity index (χ3v) is 4.33. The maximum Gasteiger partial charge on any atom is 0.311 e. The second-order valence-electron chi connectivity index (χ2n) is 5.86. The molecule has 1 amide bonds. The van der Waals surface area contributed by atoms with Crippen LogP contribution in [0.1, 0.15) is 36.3 Å². The Labute approximate surface area is 129 Å². The number of carbonyl (C=O) groups excluding carboxylic acids is 1. The molecule has 0 aromatic carbocycles. The van der Waals surface area contributed by atoms with Gasteiger partial charge in [-0.3, -0.25) is 9.69 Å². The zero-order valence-electron chi connectivity index (χ0n) is 12.8. The van der Waals surface area contributed by atoms with Crippen LogP contribution in [0.15, 0.2) is 16.6 Å². The maximum atomic E-state index is 12.4. The summed E-state index contributed by atoms with van der Waals surface area (Å²) in [5.41, 5.74) is 0. The van der Waals surface area contributed by atoms with Gasteiger partial charge in [-0.15, -0.1) is 10.2 Å². The zero-order chi connectivity index (χ0) is 15.5. The Morgan fingerprint density at radius 2 is 2.14 bits per heavy atom. The van der Waals surface area contributed by atoms with E-state index in [0.717, 1.165) is 25.9 Å². The normalized spacial score (nSPS) is 26.4. The Kier molecular flexibility index (Phi) is 4.54. The molecule has 2 aliphatic heterocycles. The molecule has 1 N–H and O–H groups in total. The van der Waals surface area contributed by atoms with Crippen LogP contribution in [0.4, 0.5) is 0 Å². The first kappa shape index (κ1) is 15.2. The monoisotopic (exact) mass is 306 g/mol. The quantitative estimate of drug-likeness (QED) is 0.814. The van der Waals surface area contributed by atoms with E-state index >= 15 is 0 Å². The summed E-state index contributed by atoms with van der Waals surface area (Å²) < 4.78 is 5.40. The van der Waals surface area contributed by atoms with E-state index in [9.17, 15) is 9.90 Å². The highest BCUT2D eigenvalue weighted by molar-refractivity contribution is 5.89. The topological polar surface area (TPSA) is 82.7 Å². The maximum absolute atomic E-state index is 12.4. The van der Waals surface area contributed by atoms with Crippen molar-refractivity contribution in [1.29, 1.82) is 0 Å². The van der Waals surface area contributed by atoms with Gasteiger partial charge in [-0.25, -0.2) is 0 Å². The van der Waals surface area contributed by atoms with E-state index in [1.165, 1.54) is 0 Å². The van der Waals surface area contributed by atoms with Crippen LogP contribution in [0, 0.1) is 0 Å². The van der Waals surface area contributed by atoms with Gasteiger partial charge in [0.2, 0.25) is 5.89 Å². The molecule has 7 nitrogen and oxygen atoms in total. The van der Waals surface area contributed by atoms with Crippen molar-refractivity contribution < 1.29 is 14.3 Å².